The number of fused-ring (bicyclic) bond motifs is 1. The highest BCUT2D eigenvalue weighted by atomic mass is 35.5. The average molecular weight is 563 g/mol. The van der Waals surface area contributed by atoms with Crippen LogP contribution in [0, 0.1) is 17.3 Å². The fraction of sp³-hybridized carbons (Fsp3) is 0.400. The number of ether oxygens (including phenoxy) is 1. The van der Waals surface area contributed by atoms with E-state index in [0.717, 1.165) is 19.0 Å². The zero-order chi connectivity index (χ0) is 27.9. The molecule has 0 amide bonds. The number of nitrogens with zero attached hydrogens (tertiary/aromatic N) is 6. The Morgan fingerprint density at radius 2 is 2.15 bits per heavy atom. The molecule has 3 aromatic heterocycles. The predicted molar refractivity (Wildman–Crippen MR) is 139 cm³/mol. The van der Waals surface area contributed by atoms with Crippen LogP contribution >= 0.6 is 11.6 Å². The summed E-state index contributed by atoms with van der Waals surface area (Å²) in [6.45, 7) is 2.49. The normalized spacial score (nSPS) is 16.1. The van der Waals surface area contributed by atoms with Crippen LogP contribution in [0.25, 0.3) is 5.52 Å². The van der Waals surface area contributed by atoms with Crippen molar-refractivity contribution in [3.05, 3.63) is 58.9 Å². The monoisotopic (exact) mass is 562 g/mol. The van der Waals surface area contributed by atoms with E-state index in [2.05, 4.69) is 26.7 Å². The zero-order valence-corrected chi connectivity index (χ0v) is 21.9. The third kappa shape index (κ3) is 6.96. The molecule has 1 fully saturated rings. The molecule has 0 saturated carbocycles. The fourth-order valence-corrected chi connectivity index (χ4v) is 4.62. The number of aliphatic imine (C=N–C) groups is 1. The maximum Gasteiger partial charge on any atom is 0.297 e. The molecular weight excluding hydrogens is 535 g/mol. The van der Waals surface area contributed by atoms with Crippen molar-refractivity contribution in [1.29, 1.82) is 5.26 Å². The number of pyridine rings is 2. The van der Waals surface area contributed by atoms with Crippen LogP contribution in [0.1, 0.15) is 37.1 Å². The van der Waals surface area contributed by atoms with Gasteiger partial charge < -0.3 is 20.8 Å². The van der Waals surface area contributed by atoms with Gasteiger partial charge in [0, 0.05) is 25.7 Å². The van der Waals surface area contributed by atoms with E-state index in [0.29, 0.717) is 52.1 Å². The minimum Gasteiger partial charge on any atom is -0.476 e. The van der Waals surface area contributed by atoms with E-state index >= 15 is 0 Å². The van der Waals surface area contributed by atoms with Crippen molar-refractivity contribution in [2.75, 3.05) is 26.2 Å². The Balaban J connectivity index is 1.67. The molecule has 1 saturated heterocycles. The summed E-state index contributed by atoms with van der Waals surface area (Å²) in [5.74, 6) is 5.56. The SMILES string of the molecule is CC(=NC1CCN(C#N)CC1)/C(=N\N)c1cc(OC(CNCC(F)F)c2ccc(F)cn2)c2c(Cl)c[nH][n+]2c1. The van der Waals surface area contributed by atoms with Gasteiger partial charge in [-0.15, -0.1) is 0 Å². The van der Waals surface area contributed by atoms with E-state index in [-0.39, 0.29) is 12.6 Å². The highest BCUT2D eigenvalue weighted by molar-refractivity contribution is 6.47. The van der Waals surface area contributed by atoms with Crippen molar-refractivity contribution in [2.24, 2.45) is 15.9 Å². The number of piperidine rings is 1. The minimum atomic E-state index is -2.56. The van der Waals surface area contributed by atoms with Gasteiger partial charge in [0.25, 0.3) is 11.9 Å². The van der Waals surface area contributed by atoms with Crippen LogP contribution in [-0.4, -0.2) is 65.1 Å². The maximum absolute atomic E-state index is 13.5. The predicted octanol–water partition coefficient (Wildman–Crippen LogP) is 2.98. The van der Waals surface area contributed by atoms with Crippen LogP contribution in [0.15, 0.2) is 46.9 Å². The molecular formula is C25H28ClF3N9O+. The Kier molecular flexibility index (Phi) is 9.21. The number of rotatable bonds is 10. The van der Waals surface area contributed by atoms with Crippen LogP contribution in [0.5, 0.6) is 5.75 Å². The van der Waals surface area contributed by atoms with E-state index in [9.17, 15) is 13.2 Å². The smallest absolute Gasteiger partial charge is 0.297 e. The van der Waals surface area contributed by atoms with E-state index in [1.54, 1.807) is 34.8 Å². The fourth-order valence-electron chi connectivity index (χ4n) is 4.39. The molecule has 14 heteroatoms. The highest BCUT2D eigenvalue weighted by Crippen LogP contribution is 2.29. The van der Waals surface area contributed by atoms with Crippen molar-refractivity contribution in [1.82, 2.24) is 20.3 Å². The van der Waals surface area contributed by atoms with Crippen LogP contribution in [0.2, 0.25) is 5.02 Å². The van der Waals surface area contributed by atoms with Gasteiger partial charge in [-0.2, -0.15) is 15.5 Å². The molecule has 1 atom stereocenters. The maximum atomic E-state index is 13.5. The number of alkyl halides is 2. The Morgan fingerprint density at radius 1 is 1.38 bits per heavy atom. The second kappa shape index (κ2) is 12.8. The van der Waals surface area contributed by atoms with E-state index < -0.39 is 24.9 Å². The number of likely N-dealkylation sites (tertiary alicyclic amines) is 1. The first-order chi connectivity index (χ1) is 18.8. The first kappa shape index (κ1) is 28.1. The first-order valence-corrected chi connectivity index (χ1v) is 12.6. The highest BCUT2D eigenvalue weighted by Gasteiger charge is 2.26. The van der Waals surface area contributed by atoms with Crippen LogP contribution < -0.4 is 20.4 Å². The number of hydrogen-bond acceptors (Lipinski definition) is 8. The lowest BCUT2D eigenvalue weighted by Gasteiger charge is -2.26. The molecule has 0 aliphatic carbocycles. The lowest BCUT2D eigenvalue weighted by molar-refractivity contribution is -0.577. The lowest BCUT2D eigenvalue weighted by Crippen LogP contribution is -2.33. The third-order valence-electron chi connectivity index (χ3n) is 6.29. The van der Waals surface area contributed by atoms with E-state index in [4.69, 9.17) is 32.4 Å². The van der Waals surface area contributed by atoms with Crippen LogP contribution in [0.3, 0.4) is 0 Å². The number of aromatic nitrogens is 3. The molecule has 0 bridgehead atoms. The molecule has 206 valence electrons. The van der Waals surface area contributed by atoms with Gasteiger partial charge in [0.05, 0.1) is 41.9 Å². The standard InChI is InChI=1S/C25H27ClF3N9O/c1-15(35-18-4-6-37(14-30)7-5-18)24(36-31)16-8-21(25-19(26)10-34-38(25)13-16)39-22(11-32-12-23(28)29)20-3-2-17(27)9-33-20/h2-3,8-10,13,18,22-23,32H,4-7,11-12H2,1H3,(H2,31,35)/p+1. The number of hydrazone groups is 1. The molecule has 1 unspecified atom stereocenters. The molecule has 1 aliphatic rings. The van der Waals surface area contributed by atoms with E-state index in [1.807, 2.05) is 0 Å². The van der Waals surface area contributed by atoms with Crippen molar-refractivity contribution in [2.45, 2.75) is 38.3 Å². The Morgan fingerprint density at radius 3 is 2.79 bits per heavy atom. The third-order valence-corrected chi connectivity index (χ3v) is 6.58. The average Bonchev–Trinajstić information content (AvgIpc) is 3.30. The molecule has 0 spiro atoms. The summed E-state index contributed by atoms with van der Waals surface area (Å²) in [6, 6.07) is 4.35. The molecule has 1 aliphatic heterocycles. The molecule has 3 aromatic rings. The first-order valence-electron chi connectivity index (χ1n) is 12.3. The van der Waals surface area contributed by atoms with E-state index in [1.165, 1.54) is 12.1 Å². The van der Waals surface area contributed by atoms with Crippen molar-refractivity contribution in [3.8, 4) is 11.9 Å². The number of hydrogen-bond donors (Lipinski definition) is 3. The van der Waals surface area contributed by atoms with Gasteiger partial charge in [-0.05, 0) is 31.9 Å². The Hall–Kier alpha value is -3.89. The minimum absolute atomic E-state index is 0.0215. The number of nitrogens with two attached hydrogens (primary N) is 1. The number of aromatic amines is 1. The summed E-state index contributed by atoms with van der Waals surface area (Å²) < 4.78 is 47.0. The van der Waals surface area contributed by atoms with Gasteiger partial charge in [-0.25, -0.2) is 13.2 Å². The molecule has 10 nitrogen and oxygen atoms in total. The van der Waals surface area contributed by atoms with Gasteiger partial charge in [-0.3, -0.25) is 9.98 Å². The molecule has 0 aromatic carbocycles. The summed E-state index contributed by atoms with van der Waals surface area (Å²) >= 11 is 6.44. The second-order valence-electron chi connectivity index (χ2n) is 9.00. The molecule has 4 N–H and O–H groups in total. The van der Waals surface area contributed by atoms with Crippen LogP contribution in [0.4, 0.5) is 13.2 Å². The van der Waals surface area contributed by atoms with Crippen molar-refractivity contribution >= 4 is 28.5 Å². The second-order valence-corrected chi connectivity index (χ2v) is 9.41. The Labute approximate surface area is 227 Å². The van der Waals surface area contributed by atoms with Crippen LogP contribution in [-0.2, 0) is 0 Å². The van der Waals surface area contributed by atoms with Gasteiger partial charge >= 0.3 is 0 Å². The number of halogens is 4. The summed E-state index contributed by atoms with van der Waals surface area (Å²) in [5.41, 5.74) is 2.39. The molecule has 4 rings (SSSR count). The number of H-pyrrole nitrogens is 1. The summed E-state index contributed by atoms with van der Waals surface area (Å²) in [6.07, 6.45) is 4.53. The summed E-state index contributed by atoms with van der Waals surface area (Å²) in [7, 11) is 0. The summed E-state index contributed by atoms with van der Waals surface area (Å²) in [4.78, 5) is 10.6. The van der Waals surface area contributed by atoms with Crippen molar-refractivity contribution in [3.63, 3.8) is 0 Å². The van der Waals surface area contributed by atoms with Gasteiger partial charge in [0.15, 0.2) is 18.0 Å². The van der Waals surface area contributed by atoms with Gasteiger partial charge in [0.2, 0.25) is 6.20 Å². The zero-order valence-electron chi connectivity index (χ0n) is 21.1. The van der Waals surface area contributed by atoms with Gasteiger partial charge in [0.1, 0.15) is 16.6 Å². The topological polar surface area (TPSA) is 132 Å². The molecule has 0 radical (unpaired) electrons. The molecule has 4 heterocycles. The number of nitriles is 1. The lowest BCUT2D eigenvalue weighted by atomic mass is 10.0. The number of nitrogens with one attached hydrogen (secondary N) is 2. The van der Waals surface area contributed by atoms with Crippen molar-refractivity contribution < 1.29 is 22.4 Å². The molecule has 39 heavy (non-hydrogen) atoms. The largest absolute Gasteiger partial charge is 0.476 e. The van der Waals surface area contributed by atoms with Gasteiger partial charge in [-0.1, -0.05) is 16.1 Å². The quantitative estimate of drug-likeness (QED) is 0.114. The Bertz CT molecular complexity index is 1380. The summed E-state index contributed by atoms with van der Waals surface area (Å²) in [5, 5.41) is 19.1.